The molecule has 3 atom stereocenters. The van der Waals surface area contributed by atoms with Gasteiger partial charge < -0.3 is 20.6 Å². The topological polar surface area (TPSA) is 89.8 Å². The Kier molecular flexibility index (Phi) is 36.2. The van der Waals surface area contributed by atoms with Gasteiger partial charge in [0.15, 0.2) is 0 Å². The van der Waals surface area contributed by atoms with Crippen LogP contribution in [0.3, 0.4) is 0 Å². The zero-order chi connectivity index (χ0) is 33.8. The van der Waals surface area contributed by atoms with Crippen molar-refractivity contribution in [3.05, 3.63) is 12.2 Å². The maximum absolute atomic E-state index is 12.4. The molecule has 1 amide bonds. The predicted molar refractivity (Wildman–Crippen MR) is 199 cm³/mol. The average Bonchev–Trinajstić information content (AvgIpc) is 3.05. The molecule has 0 aromatic rings. The third-order valence-corrected chi connectivity index (χ3v) is 9.57. The maximum atomic E-state index is 12.4. The van der Waals surface area contributed by atoms with E-state index in [1.807, 2.05) is 6.08 Å². The van der Waals surface area contributed by atoms with Crippen molar-refractivity contribution in [1.82, 2.24) is 5.32 Å². The molecular weight excluding hydrogens is 570 g/mol. The second kappa shape index (κ2) is 36.9. The first kappa shape index (κ1) is 45.1. The highest BCUT2D eigenvalue weighted by molar-refractivity contribution is 5.76. The molecule has 46 heavy (non-hydrogen) atoms. The van der Waals surface area contributed by atoms with Crippen LogP contribution in [0, 0.1) is 0 Å². The van der Waals surface area contributed by atoms with Gasteiger partial charge >= 0.3 is 0 Å². The van der Waals surface area contributed by atoms with Gasteiger partial charge in [0.05, 0.1) is 31.3 Å². The molecule has 0 aliphatic rings. The maximum Gasteiger partial charge on any atom is 0.222 e. The normalized spacial score (nSPS) is 13.8. The van der Waals surface area contributed by atoms with Gasteiger partial charge in [-0.05, 0) is 19.3 Å². The molecule has 5 nitrogen and oxygen atoms in total. The summed E-state index contributed by atoms with van der Waals surface area (Å²) in [5, 5.41) is 33.0. The second-order valence-corrected chi connectivity index (χ2v) is 14.3. The molecule has 0 saturated carbocycles. The van der Waals surface area contributed by atoms with Gasteiger partial charge in [-0.25, -0.2) is 0 Å². The van der Waals surface area contributed by atoms with Crippen LogP contribution in [0.25, 0.3) is 0 Å². The van der Waals surface area contributed by atoms with Gasteiger partial charge in [0.25, 0.3) is 0 Å². The van der Waals surface area contributed by atoms with Gasteiger partial charge in [0.2, 0.25) is 5.91 Å². The number of aliphatic hydroxyl groups excluding tert-OH is 3. The van der Waals surface area contributed by atoms with E-state index < -0.39 is 18.2 Å². The molecule has 0 aliphatic carbocycles. The van der Waals surface area contributed by atoms with Crippen LogP contribution >= 0.6 is 0 Å². The Morgan fingerprint density at radius 1 is 0.543 bits per heavy atom. The molecule has 0 saturated heterocycles. The minimum Gasteiger partial charge on any atom is -0.394 e. The molecule has 0 spiro atoms. The van der Waals surface area contributed by atoms with E-state index in [1.165, 1.54) is 167 Å². The highest BCUT2D eigenvalue weighted by atomic mass is 16.3. The largest absolute Gasteiger partial charge is 0.394 e. The zero-order valence-electron chi connectivity index (χ0n) is 31.0. The number of hydrogen-bond donors (Lipinski definition) is 4. The lowest BCUT2D eigenvalue weighted by Gasteiger charge is -2.21. The Bertz CT molecular complexity index is 640. The Balaban J connectivity index is 3.56. The van der Waals surface area contributed by atoms with E-state index >= 15 is 0 Å². The summed E-state index contributed by atoms with van der Waals surface area (Å²) in [6, 6.07) is -0.737. The molecule has 0 rings (SSSR count). The van der Waals surface area contributed by atoms with Crippen molar-refractivity contribution in [2.75, 3.05) is 6.61 Å². The number of amides is 1. The van der Waals surface area contributed by atoms with Crippen molar-refractivity contribution in [1.29, 1.82) is 0 Å². The lowest BCUT2D eigenvalue weighted by atomic mass is 10.0. The highest BCUT2D eigenvalue weighted by Crippen LogP contribution is 2.16. The molecule has 0 bridgehead atoms. The summed E-state index contributed by atoms with van der Waals surface area (Å²) in [5.74, 6) is -0.315. The molecule has 4 N–H and O–H groups in total. The van der Waals surface area contributed by atoms with Gasteiger partial charge in [-0.1, -0.05) is 206 Å². The van der Waals surface area contributed by atoms with E-state index in [-0.39, 0.29) is 18.9 Å². The van der Waals surface area contributed by atoms with E-state index in [9.17, 15) is 20.1 Å². The minimum atomic E-state index is -0.921. The van der Waals surface area contributed by atoms with Crippen molar-refractivity contribution >= 4 is 5.91 Å². The summed E-state index contributed by atoms with van der Waals surface area (Å²) in [7, 11) is 0. The fraction of sp³-hybridized carbons (Fsp3) is 0.927. The van der Waals surface area contributed by atoms with Crippen LogP contribution in [0.4, 0.5) is 0 Å². The molecule has 5 heteroatoms. The summed E-state index contributed by atoms with van der Waals surface area (Å²) in [4.78, 5) is 12.4. The Morgan fingerprint density at radius 2 is 0.891 bits per heavy atom. The Hall–Kier alpha value is -0.910. The smallest absolute Gasteiger partial charge is 0.222 e. The second-order valence-electron chi connectivity index (χ2n) is 14.3. The fourth-order valence-electron chi connectivity index (χ4n) is 6.40. The number of nitrogens with one attached hydrogen (secondary N) is 1. The molecule has 0 aromatic heterocycles. The fourth-order valence-corrected chi connectivity index (χ4v) is 6.40. The third kappa shape index (κ3) is 33.0. The van der Waals surface area contributed by atoms with Crippen molar-refractivity contribution in [2.45, 2.75) is 238 Å². The third-order valence-electron chi connectivity index (χ3n) is 9.57. The first-order valence-corrected chi connectivity index (χ1v) is 20.5. The molecule has 0 heterocycles. The summed E-state index contributed by atoms with van der Waals surface area (Å²) in [6.45, 7) is 4.19. The SMILES string of the molecule is CCCCCCCCC/C=C/C(O)C(CO)NC(=O)CC(O)CCCCCCCCCCCCCCCCCCCCCCCC. The Labute approximate surface area is 287 Å². The van der Waals surface area contributed by atoms with Gasteiger partial charge in [-0.15, -0.1) is 0 Å². The van der Waals surface area contributed by atoms with E-state index in [0.717, 1.165) is 25.7 Å². The van der Waals surface area contributed by atoms with E-state index in [4.69, 9.17) is 0 Å². The molecule has 3 unspecified atom stereocenters. The average molecular weight is 652 g/mol. The number of carbonyl (C=O) groups is 1. The van der Waals surface area contributed by atoms with Crippen LogP contribution in [0.15, 0.2) is 12.2 Å². The van der Waals surface area contributed by atoms with Gasteiger partial charge in [0.1, 0.15) is 0 Å². The summed E-state index contributed by atoms with van der Waals surface area (Å²) < 4.78 is 0. The van der Waals surface area contributed by atoms with Crippen molar-refractivity contribution in [2.24, 2.45) is 0 Å². The van der Waals surface area contributed by atoms with Crippen molar-refractivity contribution < 1.29 is 20.1 Å². The lowest BCUT2D eigenvalue weighted by Crippen LogP contribution is -2.45. The van der Waals surface area contributed by atoms with Crippen molar-refractivity contribution in [3.63, 3.8) is 0 Å². The van der Waals surface area contributed by atoms with Gasteiger partial charge in [-0.2, -0.15) is 0 Å². The van der Waals surface area contributed by atoms with Crippen LogP contribution < -0.4 is 5.32 Å². The molecule has 274 valence electrons. The highest BCUT2D eigenvalue weighted by Gasteiger charge is 2.20. The first-order chi connectivity index (χ1) is 22.5. The standard InChI is InChI=1S/C41H81NO4/c1-3-5-7-9-11-13-14-15-16-17-18-19-20-21-22-23-24-25-27-28-30-32-34-38(44)36-41(46)42-39(37-43)40(45)35-33-31-29-26-12-10-8-6-4-2/h33,35,38-40,43-45H,3-32,34,36-37H2,1-2H3,(H,42,46)/b35-33+. The van der Waals surface area contributed by atoms with Crippen LogP contribution in [0.5, 0.6) is 0 Å². The minimum absolute atomic E-state index is 0.0181. The molecule has 0 fully saturated rings. The van der Waals surface area contributed by atoms with E-state index in [0.29, 0.717) is 6.42 Å². The summed E-state index contributed by atoms with van der Waals surface area (Å²) in [5.41, 5.74) is 0. The van der Waals surface area contributed by atoms with Crippen LogP contribution in [-0.2, 0) is 4.79 Å². The number of allylic oxidation sites excluding steroid dienone is 1. The number of aliphatic hydroxyl groups is 3. The van der Waals surface area contributed by atoms with Crippen molar-refractivity contribution in [3.8, 4) is 0 Å². The number of unbranched alkanes of at least 4 members (excludes halogenated alkanes) is 28. The number of carbonyl (C=O) groups excluding carboxylic acids is 1. The summed E-state index contributed by atoms with van der Waals surface area (Å²) >= 11 is 0. The quantitative estimate of drug-likeness (QED) is 0.0397. The molecule has 0 aliphatic heterocycles. The van der Waals surface area contributed by atoms with Gasteiger partial charge in [-0.3, -0.25) is 4.79 Å². The van der Waals surface area contributed by atoms with E-state index in [1.54, 1.807) is 6.08 Å². The molecule has 0 aromatic carbocycles. The molecular formula is C41H81NO4. The van der Waals surface area contributed by atoms with Gasteiger partial charge in [0, 0.05) is 0 Å². The van der Waals surface area contributed by atoms with Crippen LogP contribution in [0.1, 0.15) is 219 Å². The Morgan fingerprint density at radius 3 is 1.26 bits per heavy atom. The van der Waals surface area contributed by atoms with E-state index in [2.05, 4.69) is 19.2 Å². The lowest BCUT2D eigenvalue weighted by molar-refractivity contribution is -0.124. The number of hydrogen-bond acceptors (Lipinski definition) is 4. The summed E-state index contributed by atoms with van der Waals surface area (Å²) in [6.07, 6.45) is 42.2. The first-order valence-electron chi connectivity index (χ1n) is 20.5. The molecule has 0 radical (unpaired) electrons. The number of rotatable bonds is 37. The van der Waals surface area contributed by atoms with Crippen LogP contribution in [0.2, 0.25) is 0 Å². The van der Waals surface area contributed by atoms with Crippen LogP contribution in [-0.4, -0.2) is 46.1 Å². The zero-order valence-corrected chi connectivity index (χ0v) is 31.0. The monoisotopic (exact) mass is 652 g/mol. The predicted octanol–water partition coefficient (Wildman–Crippen LogP) is 11.3.